The molecule has 7 heteroatoms. The van der Waals surface area contributed by atoms with Crippen LogP contribution in [0.5, 0.6) is 0 Å². The summed E-state index contributed by atoms with van der Waals surface area (Å²) in [5, 5.41) is 11.8. The number of carbonyl (C=O) groups is 1. The maximum atomic E-state index is 12.2. The summed E-state index contributed by atoms with van der Waals surface area (Å²) in [5.41, 5.74) is 0. The topological polar surface area (TPSA) is 70.0 Å². The van der Waals surface area contributed by atoms with Crippen LogP contribution in [0, 0.1) is 16.7 Å². The van der Waals surface area contributed by atoms with Gasteiger partial charge in [-0.25, -0.2) is 8.78 Å². The maximum Gasteiger partial charge on any atom is 0.308 e. The minimum Gasteiger partial charge on any atom is -0.481 e. The van der Waals surface area contributed by atoms with Gasteiger partial charge in [0.05, 0.1) is 23.7 Å². The van der Waals surface area contributed by atoms with Gasteiger partial charge in [0.1, 0.15) is 0 Å². The number of carboxylic acid groups (broad SMARTS) is 1. The van der Waals surface area contributed by atoms with Crippen molar-refractivity contribution in [1.82, 2.24) is 5.01 Å². The molecule has 0 radical (unpaired) electrons. The minimum absolute atomic E-state index is 0.228. The van der Waals surface area contributed by atoms with Crippen molar-refractivity contribution in [3.05, 3.63) is 4.91 Å². The van der Waals surface area contributed by atoms with Crippen LogP contribution in [0.1, 0.15) is 0 Å². The van der Waals surface area contributed by atoms with Gasteiger partial charge in [0.15, 0.2) is 0 Å². The Morgan fingerprint density at radius 2 is 2.15 bits per heavy atom. The molecule has 2 unspecified atom stereocenters. The van der Waals surface area contributed by atoms with Gasteiger partial charge in [-0.3, -0.25) is 9.80 Å². The summed E-state index contributed by atoms with van der Waals surface area (Å²) >= 11 is 0. The number of nitroso groups, excluding NO2 is 1. The summed E-state index contributed by atoms with van der Waals surface area (Å²) in [6.45, 7) is -0.508. The Morgan fingerprint density at radius 3 is 2.46 bits per heavy atom. The molecule has 0 aromatic carbocycles. The Balaban J connectivity index is 2.70. The summed E-state index contributed by atoms with van der Waals surface area (Å²) < 4.78 is 24.5. The second-order valence-corrected chi connectivity index (χ2v) is 2.90. The number of halogens is 2. The molecule has 1 N–H and O–H groups in total. The van der Waals surface area contributed by atoms with Crippen molar-refractivity contribution in [1.29, 1.82) is 0 Å². The highest BCUT2D eigenvalue weighted by atomic mass is 19.3. The highest BCUT2D eigenvalue weighted by molar-refractivity contribution is 5.71. The smallest absolute Gasteiger partial charge is 0.308 e. The molecule has 0 aromatic rings. The van der Waals surface area contributed by atoms with Crippen LogP contribution in [0.3, 0.4) is 0 Å². The molecule has 2 atom stereocenters. The first kappa shape index (κ1) is 9.82. The molecule has 0 amide bonds. The Morgan fingerprint density at radius 1 is 1.54 bits per heavy atom. The number of hydrogen-bond acceptors (Lipinski definition) is 3. The second kappa shape index (κ2) is 3.63. The summed E-state index contributed by atoms with van der Waals surface area (Å²) in [5.74, 6) is -3.80. The molecule has 0 spiro atoms. The highest BCUT2D eigenvalue weighted by Gasteiger charge is 2.43. The van der Waals surface area contributed by atoms with Gasteiger partial charge in [0.25, 0.3) is 0 Å². The van der Waals surface area contributed by atoms with E-state index in [-0.39, 0.29) is 13.1 Å². The Bertz CT molecular complexity index is 224. The SMILES string of the molecule is O=NN1CC(C(=O)O)C(C(F)F)C1. The van der Waals surface area contributed by atoms with Gasteiger partial charge in [-0.2, -0.15) is 0 Å². The predicted octanol–water partition coefficient (Wildman–Crippen LogP) is 0.565. The first-order valence-electron chi connectivity index (χ1n) is 3.65. The van der Waals surface area contributed by atoms with Gasteiger partial charge >= 0.3 is 5.97 Å². The van der Waals surface area contributed by atoms with Crippen LogP contribution in [-0.2, 0) is 4.79 Å². The second-order valence-electron chi connectivity index (χ2n) is 2.90. The first-order valence-corrected chi connectivity index (χ1v) is 3.65. The third kappa shape index (κ3) is 1.90. The van der Waals surface area contributed by atoms with Crippen LogP contribution in [0.15, 0.2) is 5.29 Å². The van der Waals surface area contributed by atoms with E-state index in [4.69, 9.17) is 5.11 Å². The molecule has 1 heterocycles. The van der Waals surface area contributed by atoms with E-state index in [1.807, 2.05) is 0 Å². The van der Waals surface area contributed by atoms with E-state index in [0.29, 0.717) is 0 Å². The van der Waals surface area contributed by atoms with E-state index in [1.54, 1.807) is 0 Å². The molecule has 0 aromatic heterocycles. The highest BCUT2D eigenvalue weighted by Crippen LogP contribution is 2.28. The zero-order chi connectivity index (χ0) is 10.0. The number of rotatable bonds is 3. The standard InChI is InChI=1S/C6H8F2N2O3/c7-5(8)3-1-10(9-13)2-4(3)6(11)12/h3-5H,1-2H2,(H,11,12). The van der Waals surface area contributed by atoms with E-state index in [1.165, 1.54) is 0 Å². The predicted molar refractivity (Wildman–Crippen MR) is 38.0 cm³/mol. The molecule has 1 saturated heterocycles. The summed E-state index contributed by atoms with van der Waals surface area (Å²) in [6.07, 6.45) is -2.73. The van der Waals surface area contributed by atoms with E-state index >= 15 is 0 Å². The van der Waals surface area contributed by atoms with E-state index < -0.39 is 24.2 Å². The molecular weight excluding hydrogens is 186 g/mol. The lowest BCUT2D eigenvalue weighted by Crippen LogP contribution is -2.27. The Kier molecular flexibility index (Phi) is 2.74. The van der Waals surface area contributed by atoms with Crippen LogP contribution in [0.2, 0.25) is 0 Å². The average molecular weight is 194 g/mol. The number of nitrogens with zero attached hydrogens (tertiary/aromatic N) is 2. The first-order chi connectivity index (χ1) is 6.06. The maximum absolute atomic E-state index is 12.2. The minimum atomic E-state index is -2.73. The largest absolute Gasteiger partial charge is 0.481 e. The van der Waals surface area contributed by atoms with Crippen molar-refractivity contribution in [2.24, 2.45) is 17.1 Å². The zero-order valence-corrected chi connectivity index (χ0v) is 6.56. The molecule has 1 aliphatic rings. The van der Waals surface area contributed by atoms with Crippen molar-refractivity contribution in [2.75, 3.05) is 13.1 Å². The lowest BCUT2D eigenvalue weighted by molar-refractivity contribution is -0.144. The lowest BCUT2D eigenvalue weighted by Gasteiger charge is -2.11. The average Bonchev–Trinajstić information content (AvgIpc) is 2.47. The van der Waals surface area contributed by atoms with Gasteiger partial charge in [-0.05, 0) is 0 Å². The quantitative estimate of drug-likeness (QED) is 0.666. The van der Waals surface area contributed by atoms with Gasteiger partial charge in [0, 0.05) is 6.54 Å². The van der Waals surface area contributed by atoms with E-state index in [9.17, 15) is 18.5 Å². The van der Waals surface area contributed by atoms with Crippen LogP contribution >= 0.6 is 0 Å². The molecule has 0 aliphatic carbocycles. The zero-order valence-electron chi connectivity index (χ0n) is 6.56. The fourth-order valence-electron chi connectivity index (χ4n) is 1.39. The summed E-state index contributed by atoms with van der Waals surface area (Å²) in [7, 11) is 0. The van der Waals surface area contributed by atoms with Gasteiger partial charge in [-0.1, -0.05) is 0 Å². The molecule has 1 rings (SSSR count). The van der Waals surface area contributed by atoms with Crippen LogP contribution in [0.25, 0.3) is 0 Å². The van der Waals surface area contributed by atoms with Crippen LogP contribution < -0.4 is 0 Å². The molecular formula is C6H8F2N2O3. The van der Waals surface area contributed by atoms with Crippen LogP contribution in [-0.4, -0.2) is 35.6 Å². The van der Waals surface area contributed by atoms with E-state index in [2.05, 4.69) is 5.29 Å². The fourth-order valence-corrected chi connectivity index (χ4v) is 1.39. The van der Waals surface area contributed by atoms with Crippen molar-refractivity contribution >= 4 is 5.97 Å². The Labute approximate surface area is 72.3 Å². The van der Waals surface area contributed by atoms with Gasteiger partial charge < -0.3 is 5.11 Å². The number of carboxylic acids is 1. The third-order valence-electron chi connectivity index (χ3n) is 2.10. The van der Waals surface area contributed by atoms with E-state index in [0.717, 1.165) is 5.01 Å². The fraction of sp³-hybridized carbons (Fsp3) is 0.833. The van der Waals surface area contributed by atoms with Crippen molar-refractivity contribution < 1.29 is 18.7 Å². The number of alkyl halides is 2. The van der Waals surface area contributed by atoms with Gasteiger partial charge in [0.2, 0.25) is 6.43 Å². The number of hydrogen-bond donors (Lipinski definition) is 1. The lowest BCUT2D eigenvalue weighted by atomic mass is 9.97. The molecule has 13 heavy (non-hydrogen) atoms. The summed E-state index contributed by atoms with van der Waals surface area (Å²) in [6, 6.07) is 0. The molecule has 0 saturated carbocycles. The normalized spacial score (nSPS) is 28.1. The molecule has 1 fully saturated rings. The van der Waals surface area contributed by atoms with Crippen molar-refractivity contribution in [3.8, 4) is 0 Å². The Hall–Kier alpha value is -1.27. The molecule has 74 valence electrons. The van der Waals surface area contributed by atoms with Crippen molar-refractivity contribution in [3.63, 3.8) is 0 Å². The monoisotopic (exact) mass is 194 g/mol. The molecule has 5 nitrogen and oxygen atoms in total. The van der Waals surface area contributed by atoms with Crippen LogP contribution in [0.4, 0.5) is 8.78 Å². The number of aliphatic carboxylic acids is 1. The molecule has 1 aliphatic heterocycles. The van der Waals surface area contributed by atoms with Gasteiger partial charge in [-0.15, -0.1) is 4.91 Å². The third-order valence-corrected chi connectivity index (χ3v) is 2.10. The molecule has 0 bridgehead atoms. The van der Waals surface area contributed by atoms with Crippen molar-refractivity contribution in [2.45, 2.75) is 6.43 Å². The summed E-state index contributed by atoms with van der Waals surface area (Å²) in [4.78, 5) is 20.5.